The van der Waals surface area contributed by atoms with E-state index in [1.54, 1.807) is 30.6 Å². The quantitative estimate of drug-likeness (QED) is 0.471. The molecule has 3 aromatic rings. The van der Waals surface area contributed by atoms with Crippen molar-refractivity contribution in [1.82, 2.24) is 19.9 Å². The second kappa shape index (κ2) is 5.64. The fourth-order valence-electron chi connectivity index (χ4n) is 2.04. The monoisotopic (exact) mass is 312 g/mol. The summed E-state index contributed by atoms with van der Waals surface area (Å²) in [5.74, 6) is -0.0486. The minimum atomic E-state index is -0.816. The Morgan fingerprint density at radius 1 is 1.22 bits per heavy atom. The lowest BCUT2D eigenvalue weighted by atomic mass is 10.2. The van der Waals surface area contributed by atoms with E-state index >= 15 is 0 Å². The molecule has 0 spiro atoms. The van der Waals surface area contributed by atoms with Crippen molar-refractivity contribution >= 4 is 17.3 Å². The molecule has 0 saturated carbocycles. The zero-order chi connectivity index (χ0) is 16.4. The molecular formula is C14H12N6O3. The molecule has 0 fully saturated rings. The van der Waals surface area contributed by atoms with Crippen LogP contribution in [-0.4, -0.2) is 25.8 Å². The van der Waals surface area contributed by atoms with Gasteiger partial charge >= 0.3 is 5.69 Å². The van der Waals surface area contributed by atoms with E-state index < -0.39 is 17.2 Å². The molecule has 1 amide bonds. The van der Waals surface area contributed by atoms with Gasteiger partial charge in [0.1, 0.15) is 17.2 Å². The molecule has 0 saturated heterocycles. The molecule has 0 aliphatic carbocycles. The lowest BCUT2D eigenvalue weighted by molar-refractivity contribution is 0.102. The molecule has 2 aromatic heterocycles. The van der Waals surface area contributed by atoms with Crippen LogP contribution in [0.3, 0.4) is 0 Å². The van der Waals surface area contributed by atoms with Crippen molar-refractivity contribution in [2.75, 3.05) is 11.1 Å². The van der Waals surface area contributed by atoms with E-state index in [1.165, 1.54) is 0 Å². The Balaban J connectivity index is 1.91. The third kappa shape index (κ3) is 2.88. The van der Waals surface area contributed by atoms with Gasteiger partial charge in [0, 0.05) is 23.6 Å². The highest BCUT2D eigenvalue weighted by molar-refractivity contribution is 6.06. The smallest absolute Gasteiger partial charge is 0.326 e. The number of aromatic amines is 3. The Hall–Kier alpha value is -3.62. The Labute approximate surface area is 128 Å². The van der Waals surface area contributed by atoms with Crippen LogP contribution < -0.4 is 22.3 Å². The van der Waals surface area contributed by atoms with Crippen molar-refractivity contribution in [1.29, 1.82) is 0 Å². The third-order valence-electron chi connectivity index (χ3n) is 3.10. The van der Waals surface area contributed by atoms with Gasteiger partial charge in [-0.2, -0.15) is 0 Å². The Bertz CT molecular complexity index is 971. The summed E-state index contributed by atoms with van der Waals surface area (Å²) >= 11 is 0. The van der Waals surface area contributed by atoms with Crippen molar-refractivity contribution in [3.63, 3.8) is 0 Å². The molecule has 0 bridgehead atoms. The zero-order valence-corrected chi connectivity index (χ0v) is 11.7. The maximum Gasteiger partial charge on any atom is 0.326 e. The van der Waals surface area contributed by atoms with E-state index in [2.05, 4.69) is 20.3 Å². The maximum absolute atomic E-state index is 12.2. The summed E-state index contributed by atoms with van der Waals surface area (Å²) in [6.45, 7) is 0. The molecule has 0 unspecified atom stereocenters. The fourth-order valence-corrected chi connectivity index (χ4v) is 2.04. The Morgan fingerprint density at radius 2 is 2.04 bits per heavy atom. The molecule has 0 atom stereocenters. The highest BCUT2D eigenvalue weighted by Crippen LogP contribution is 2.19. The van der Waals surface area contributed by atoms with Gasteiger partial charge in [-0.05, 0) is 12.1 Å². The van der Waals surface area contributed by atoms with E-state index in [1.807, 2.05) is 11.1 Å². The van der Waals surface area contributed by atoms with Crippen molar-refractivity contribution in [3.8, 4) is 11.4 Å². The van der Waals surface area contributed by atoms with Gasteiger partial charge in [-0.15, -0.1) is 0 Å². The van der Waals surface area contributed by atoms with Crippen LogP contribution in [0, 0.1) is 0 Å². The number of nitrogen functional groups attached to an aromatic ring is 1. The van der Waals surface area contributed by atoms with Crippen LogP contribution in [-0.2, 0) is 0 Å². The predicted octanol–water partition coefficient (Wildman–Crippen LogP) is 0.288. The van der Waals surface area contributed by atoms with Crippen LogP contribution >= 0.6 is 0 Å². The number of anilines is 2. The van der Waals surface area contributed by atoms with Gasteiger partial charge in [-0.25, -0.2) is 9.78 Å². The van der Waals surface area contributed by atoms with Gasteiger partial charge < -0.3 is 21.0 Å². The number of nitrogens with zero attached hydrogens (tertiary/aromatic N) is 1. The van der Waals surface area contributed by atoms with Crippen LogP contribution in [0.25, 0.3) is 11.4 Å². The molecule has 0 radical (unpaired) electrons. The molecule has 2 heterocycles. The van der Waals surface area contributed by atoms with E-state index in [9.17, 15) is 14.4 Å². The second-order valence-electron chi connectivity index (χ2n) is 4.67. The average Bonchev–Trinajstić information content (AvgIpc) is 3.05. The lowest BCUT2D eigenvalue weighted by Crippen LogP contribution is -2.30. The first-order valence-corrected chi connectivity index (χ1v) is 6.58. The number of hydrogen-bond acceptors (Lipinski definition) is 5. The largest absolute Gasteiger partial charge is 0.392 e. The van der Waals surface area contributed by atoms with Gasteiger partial charge in [0.2, 0.25) is 0 Å². The number of amides is 1. The van der Waals surface area contributed by atoms with Crippen LogP contribution in [0.5, 0.6) is 0 Å². The first-order valence-electron chi connectivity index (χ1n) is 6.58. The van der Waals surface area contributed by atoms with Crippen molar-refractivity contribution in [3.05, 3.63) is 63.2 Å². The van der Waals surface area contributed by atoms with E-state index in [0.29, 0.717) is 11.5 Å². The molecule has 1 aromatic carbocycles. The highest BCUT2D eigenvalue weighted by atomic mass is 16.2. The number of imidazole rings is 1. The minimum absolute atomic E-state index is 0.290. The summed E-state index contributed by atoms with van der Waals surface area (Å²) in [6, 6.07) is 6.90. The number of carbonyl (C=O) groups is 1. The van der Waals surface area contributed by atoms with Crippen molar-refractivity contribution in [2.45, 2.75) is 0 Å². The molecule has 9 nitrogen and oxygen atoms in total. The second-order valence-corrected chi connectivity index (χ2v) is 4.67. The summed E-state index contributed by atoms with van der Waals surface area (Å²) in [5, 5.41) is 2.57. The van der Waals surface area contributed by atoms with Crippen molar-refractivity contribution < 1.29 is 4.79 Å². The molecule has 3 rings (SSSR count). The topological polar surface area (TPSA) is 150 Å². The minimum Gasteiger partial charge on any atom is -0.392 e. The Kier molecular flexibility index (Phi) is 3.51. The number of H-pyrrole nitrogens is 3. The fraction of sp³-hybridized carbons (Fsp3) is 0. The van der Waals surface area contributed by atoms with Gasteiger partial charge in [0.05, 0.1) is 0 Å². The molecule has 6 N–H and O–H groups in total. The third-order valence-corrected chi connectivity index (χ3v) is 3.10. The summed E-state index contributed by atoms with van der Waals surface area (Å²) in [4.78, 5) is 46.1. The Morgan fingerprint density at radius 3 is 2.78 bits per heavy atom. The molecular weight excluding hydrogens is 300 g/mol. The van der Waals surface area contributed by atoms with Gasteiger partial charge in [0.15, 0.2) is 0 Å². The maximum atomic E-state index is 12.2. The van der Waals surface area contributed by atoms with E-state index in [0.717, 1.165) is 5.56 Å². The van der Waals surface area contributed by atoms with E-state index in [4.69, 9.17) is 5.73 Å². The average molecular weight is 312 g/mol. The molecule has 9 heteroatoms. The SMILES string of the molecule is Nc1c(C(=O)Nc2cccc(-c3ncc[nH]3)c2)[nH]c(=O)[nH]c1=O. The first-order chi connectivity index (χ1) is 11.0. The number of nitrogens with one attached hydrogen (secondary N) is 4. The molecule has 23 heavy (non-hydrogen) atoms. The number of hydrogen-bond donors (Lipinski definition) is 5. The highest BCUT2D eigenvalue weighted by Gasteiger charge is 2.14. The zero-order valence-electron chi connectivity index (χ0n) is 11.7. The van der Waals surface area contributed by atoms with E-state index in [-0.39, 0.29) is 11.4 Å². The number of carbonyl (C=O) groups excluding carboxylic acids is 1. The summed E-state index contributed by atoms with van der Waals surface area (Å²) in [6.07, 6.45) is 3.30. The van der Waals surface area contributed by atoms with Gasteiger partial charge in [-0.3, -0.25) is 14.6 Å². The number of benzene rings is 1. The summed E-state index contributed by atoms with van der Waals surface area (Å²) < 4.78 is 0. The predicted molar refractivity (Wildman–Crippen MR) is 84.1 cm³/mol. The molecule has 0 aliphatic heterocycles. The standard InChI is InChI=1S/C14H12N6O3/c15-9-10(19-14(23)20-12(9)21)13(22)18-8-3-1-2-7(6-8)11-16-4-5-17-11/h1-6H,15H2,(H,16,17)(H,18,22)(H2,19,20,21,23). The van der Waals surface area contributed by atoms with Crippen LogP contribution in [0.1, 0.15) is 10.5 Å². The summed E-state index contributed by atoms with van der Waals surface area (Å²) in [5.41, 5.74) is 4.48. The number of nitrogens with two attached hydrogens (primary N) is 1. The normalized spacial score (nSPS) is 10.4. The first kappa shape index (κ1) is 14.3. The van der Waals surface area contributed by atoms with Crippen LogP contribution in [0.15, 0.2) is 46.2 Å². The number of aromatic nitrogens is 4. The molecule has 0 aliphatic rings. The lowest BCUT2D eigenvalue weighted by Gasteiger charge is -2.07. The van der Waals surface area contributed by atoms with Gasteiger partial charge in [0.25, 0.3) is 11.5 Å². The summed E-state index contributed by atoms with van der Waals surface area (Å²) in [7, 11) is 0. The molecule has 116 valence electrons. The van der Waals surface area contributed by atoms with Crippen LogP contribution in [0.2, 0.25) is 0 Å². The van der Waals surface area contributed by atoms with Crippen molar-refractivity contribution in [2.24, 2.45) is 0 Å². The number of rotatable bonds is 3. The van der Waals surface area contributed by atoms with Crippen LogP contribution in [0.4, 0.5) is 11.4 Å². The van der Waals surface area contributed by atoms with Gasteiger partial charge in [-0.1, -0.05) is 12.1 Å².